The second kappa shape index (κ2) is 7.31. The lowest BCUT2D eigenvalue weighted by molar-refractivity contribution is 0.0600. The average Bonchev–Trinajstić information content (AvgIpc) is 3.19. The maximum absolute atomic E-state index is 11.5. The van der Waals surface area contributed by atoms with Crippen LogP contribution in [0.1, 0.15) is 10.4 Å². The summed E-state index contributed by atoms with van der Waals surface area (Å²) in [6.45, 7) is 0.196. The predicted octanol–water partition coefficient (Wildman–Crippen LogP) is 3.11. The summed E-state index contributed by atoms with van der Waals surface area (Å²) in [6.07, 6.45) is 1.34. The van der Waals surface area contributed by atoms with Crippen LogP contribution in [-0.2, 0) is 4.74 Å². The summed E-state index contributed by atoms with van der Waals surface area (Å²) in [6, 6.07) is 11.8. The largest absolute Gasteiger partial charge is 0.465 e. The van der Waals surface area contributed by atoms with Crippen LogP contribution in [0.2, 0.25) is 0 Å². The SMILES string of the molecule is COC(=O)c1ccc(Oc2ncnc(Nc3ccc4c(c3)OCO4)c2N)cc1. The van der Waals surface area contributed by atoms with E-state index in [2.05, 4.69) is 20.0 Å². The molecule has 0 amide bonds. The highest BCUT2D eigenvalue weighted by molar-refractivity contribution is 5.89. The molecule has 9 heteroatoms. The van der Waals surface area contributed by atoms with Gasteiger partial charge in [-0.15, -0.1) is 0 Å². The summed E-state index contributed by atoms with van der Waals surface area (Å²) in [5.74, 6) is 1.93. The number of carbonyl (C=O) groups excluding carboxylic acids is 1. The Hall–Kier alpha value is -4.01. The van der Waals surface area contributed by atoms with Crippen molar-refractivity contribution in [2.24, 2.45) is 0 Å². The number of anilines is 3. The van der Waals surface area contributed by atoms with Gasteiger partial charge >= 0.3 is 5.97 Å². The fourth-order valence-corrected chi connectivity index (χ4v) is 2.56. The van der Waals surface area contributed by atoms with E-state index in [4.69, 9.17) is 19.9 Å². The van der Waals surface area contributed by atoms with Gasteiger partial charge in [0.2, 0.25) is 12.7 Å². The van der Waals surface area contributed by atoms with E-state index in [9.17, 15) is 4.79 Å². The number of ether oxygens (including phenoxy) is 4. The third-order valence-corrected chi connectivity index (χ3v) is 3.97. The molecule has 0 atom stereocenters. The number of benzene rings is 2. The molecule has 3 aromatic rings. The van der Waals surface area contributed by atoms with Crippen LogP contribution < -0.4 is 25.3 Å². The summed E-state index contributed by atoms with van der Waals surface area (Å²) < 4.78 is 21.0. The minimum atomic E-state index is -0.427. The number of nitrogens with zero attached hydrogens (tertiary/aromatic N) is 2. The molecule has 1 aromatic heterocycles. The van der Waals surface area contributed by atoms with E-state index >= 15 is 0 Å². The van der Waals surface area contributed by atoms with E-state index in [1.165, 1.54) is 13.4 Å². The second-order valence-corrected chi connectivity index (χ2v) is 5.75. The van der Waals surface area contributed by atoms with Crippen molar-refractivity contribution in [1.29, 1.82) is 0 Å². The van der Waals surface area contributed by atoms with Gasteiger partial charge in [-0.3, -0.25) is 0 Å². The second-order valence-electron chi connectivity index (χ2n) is 5.75. The quantitative estimate of drug-likeness (QED) is 0.644. The number of nitrogens with one attached hydrogen (secondary N) is 1. The number of nitrogens with two attached hydrogens (primary N) is 1. The molecule has 0 saturated carbocycles. The van der Waals surface area contributed by atoms with Crippen LogP contribution in [0, 0.1) is 0 Å². The van der Waals surface area contributed by atoms with Crippen LogP contribution in [0.15, 0.2) is 48.8 Å². The first-order valence-electron chi connectivity index (χ1n) is 8.27. The number of hydrogen-bond acceptors (Lipinski definition) is 9. The molecule has 0 radical (unpaired) electrons. The topological polar surface area (TPSA) is 118 Å². The lowest BCUT2D eigenvalue weighted by Crippen LogP contribution is -2.03. The van der Waals surface area contributed by atoms with Crippen LogP contribution in [0.4, 0.5) is 17.2 Å². The lowest BCUT2D eigenvalue weighted by Gasteiger charge is -2.12. The van der Waals surface area contributed by atoms with Gasteiger partial charge in [-0.25, -0.2) is 9.78 Å². The van der Waals surface area contributed by atoms with Gasteiger partial charge in [-0.1, -0.05) is 0 Å². The van der Waals surface area contributed by atoms with Gasteiger partial charge in [0.25, 0.3) is 0 Å². The Bertz CT molecular complexity index is 1020. The number of esters is 1. The lowest BCUT2D eigenvalue weighted by atomic mass is 10.2. The van der Waals surface area contributed by atoms with Crippen molar-refractivity contribution < 1.29 is 23.7 Å². The van der Waals surface area contributed by atoms with Crippen molar-refractivity contribution in [3.05, 3.63) is 54.4 Å². The van der Waals surface area contributed by atoms with Gasteiger partial charge in [-0.05, 0) is 36.4 Å². The van der Waals surface area contributed by atoms with Crippen LogP contribution in [0.5, 0.6) is 23.1 Å². The molecule has 0 saturated heterocycles. The summed E-state index contributed by atoms with van der Waals surface area (Å²) in [7, 11) is 1.32. The molecular formula is C19H16N4O5. The van der Waals surface area contributed by atoms with Crippen molar-refractivity contribution >= 4 is 23.2 Å². The van der Waals surface area contributed by atoms with Crippen molar-refractivity contribution in [3.8, 4) is 23.1 Å². The Morgan fingerprint density at radius 1 is 1.11 bits per heavy atom. The van der Waals surface area contributed by atoms with E-state index in [1.807, 2.05) is 6.07 Å². The van der Waals surface area contributed by atoms with Crippen LogP contribution in [0.25, 0.3) is 0 Å². The Labute approximate surface area is 160 Å². The van der Waals surface area contributed by atoms with Crippen molar-refractivity contribution in [3.63, 3.8) is 0 Å². The van der Waals surface area contributed by atoms with E-state index in [-0.39, 0.29) is 18.4 Å². The number of nitrogen functional groups attached to an aromatic ring is 1. The molecule has 0 aliphatic carbocycles. The van der Waals surface area contributed by atoms with Crippen molar-refractivity contribution in [2.75, 3.05) is 25.0 Å². The summed E-state index contributed by atoms with van der Waals surface area (Å²) in [4.78, 5) is 19.7. The fourth-order valence-electron chi connectivity index (χ4n) is 2.56. The molecule has 2 heterocycles. The number of hydrogen-bond donors (Lipinski definition) is 2. The standard InChI is InChI=1S/C19H16N4O5/c1-25-19(24)11-2-5-13(6-3-11)28-18-16(20)17(21-9-22-18)23-12-4-7-14-15(8-12)27-10-26-14/h2-9H,10,20H2,1H3,(H,21,22,23). The number of methoxy groups -OCH3 is 1. The van der Waals surface area contributed by atoms with Gasteiger partial charge in [0, 0.05) is 11.8 Å². The molecule has 142 valence electrons. The Kier molecular flexibility index (Phi) is 4.55. The maximum atomic E-state index is 11.5. The predicted molar refractivity (Wildman–Crippen MR) is 100 cm³/mol. The zero-order valence-corrected chi connectivity index (χ0v) is 14.8. The van der Waals surface area contributed by atoms with Gasteiger partial charge < -0.3 is 30.0 Å². The molecule has 1 aliphatic heterocycles. The number of aromatic nitrogens is 2. The molecule has 0 bridgehead atoms. The van der Waals surface area contributed by atoms with Gasteiger partial charge in [0.1, 0.15) is 17.8 Å². The zero-order valence-electron chi connectivity index (χ0n) is 14.8. The van der Waals surface area contributed by atoms with Crippen LogP contribution in [0.3, 0.4) is 0 Å². The van der Waals surface area contributed by atoms with E-state index in [1.54, 1.807) is 36.4 Å². The third kappa shape index (κ3) is 3.45. The van der Waals surface area contributed by atoms with E-state index < -0.39 is 5.97 Å². The monoisotopic (exact) mass is 380 g/mol. The minimum absolute atomic E-state index is 0.184. The molecule has 4 rings (SSSR count). The van der Waals surface area contributed by atoms with Gasteiger partial charge in [-0.2, -0.15) is 4.98 Å². The first-order chi connectivity index (χ1) is 13.6. The van der Waals surface area contributed by atoms with Gasteiger partial charge in [0.05, 0.1) is 12.7 Å². The summed E-state index contributed by atoms with van der Waals surface area (Å²) in [5.41, 5.74) is 7.52. The van der Waals surface area contributed by atoms with Crippen LogP contribution >= 0.6 is 0 Å². The van der Waals surface area contributed by atoms with Crippen molar-refractivity contribution in [2.45, 2.75) is 0 Å². The fraction of sp³-hybridized carbons (Fsp3) is 0.105. The number of rotatable bonds is 5. The molecule has 28 heavy (non-hydrogen) atoms. The van der Waals surface area contributed by atoms with E-state index in [0.717, 1.165) is 5.69 Å². The Morgan fingerprint density at radius 2 is 1.89 bits per heavy atom. The average molecular weight is 380 g/mol. The molecule has 3 N–H and O–H groups in total. The highest BCUT2D eigenvalue weighted by atomic mass is 16.7. The number of carbonyl (C=O) groups is 1. The molecule has 0 fully saturated rings. The maximum Gasteiger partial charge on any atom is 0.337 e. The normalized spacial score (nSPS) is 11.8. The molecule has 1 aliphatic rings. The van der Waals surface area contributed by atoms with Crippen molar-refractivity contribution in [1.82, 2.24) is 9.97 Å². The third-order valence-electron chi connectivity index (χ3n) is 3.97. The minimum Gasteiger partial charge on any atom is -0.465 e. The highest BCUT2D eigenvalue weighted by Crippen LogP contribution is 2.36. The summed E-state index contributed by atoms with van der Waals surface area (Å²) >= 11 is 0. The zero-order chi connectivity index (χ0) is 19.5. The Morgan fingerprint density at radius 3 is 2.68 bits per heavy atom. The first-order valence-corrected chi connectivity index (χ1v) is 8.27. The smallest absolute Gasteiger partial charge is 0.337 e. The molecule has 2 aromatic carbocycles. The highest BCUT2D eigenvalue weighted by Gasteiger charge is 2.15. The Balaban J connectivity index is 1.52. The molecular weight excluding hydrogens is 364 g/mol. The first kappa shape index (κ1) is 17.4. The molecule has 0 unspecified atom stereocenters. The number of fused-ring (bicyclic) bond motifs is 1. The molecule has 0 spiro atoms. The molecule has 9 nitrogen and oxygen atoms in total. The van der Waals surface area contributed by atoms with E-state index in [0.29, 0.717) is 28.6 Å². The van der Waals surface area contributed by atoms with Crippen LogP contribution in [-0.4, -0.2) is 29.8 Å². The van der Waals surface area contributed by atoms with Gasteiger partial charge in [0.15, 0.2) is 17.3 Å². The summed E-state index contributed by atoms with van der Waals surface area (Å²) in [5, 5.41) is 3.11.